The Morgan fingerprint density at radius 3 is 2.76 bits per heavy atom. The molecular formula is C15H26O2. The van der Waals surface area contributed by atoms with Crippen LogP contribution in [0.5, 0.6) is 0 Å². The Balaban J connectivity index is 2.48. The maximum Gasteiger partial charge on any atom is 0.309 e. The second-order valence-electron chi connectivity index (χ2n) is 5.91. The van der Waals surface area contributed by atoms with Crippen LogP contribution < -0.4 is 0 Å². The summed E-state index contributed by atoms with van der Waals surface area (Å²) in [7, 11) is 0. The van der Waals surface area contributed by atoms with Gasteiger partial charge in [0.1, 0.15) is 0 Å². The molecule has 1 aliphatic carbocycles. The first-order valence-electron chi connectivity index (χ1n) is 6.77. The van der Waals surface area contributed by atoms with Gasteiger partial charge in [-0.15, -0.1) is 0 Å². The molecule has 1 rings (SSSR count). The van der Waals surface area contributed by atoms with Gasteiger partial charge in [0, 0.05) is 0 Å². The van der Waals surface area contributed by atoms with Crippen LogP contribution >= 0.6 is 0 Å². The highest BCUT2D eigenvalue weighted by molar-refractivity contribution is 5.71. The molecule has 1 fully saturated rings. The third-order valence-electron chi connectivity index (χ3n) is 3.75. The zero-order chi connectivity index (χ0) is 12.9. The van der Waals surface area contributed by atoms with Crippen molar-refractivity contribution in [2.75, 3.05) is 6.61 Å². The molecule has 1 atom stereocenters. The first-order valence-corrected chi connectivity index (χ1v) is 6.77. The van der Waals surface area contributed by atoms with Crippen molar-refractivity contribution in [2.45, 2.75) is 59.8 Å². The number of carbonyl (C=O) groups excluding carboxylic acids is 1. The molecule has 0 aromatic heterocycles. The van der Waals surface area contributed by atoms with E-state index in [9.17, 15) is 4.79 Å². The molecule has 0 aromatic carbocycles. The lowest BCUT2D eigenvalue weighted by Crippen LogP contribution is -2.23. The van der Waals surface area contributed by atoms with E-state index in [1.165, 1.54) is 31.3 Å². The number of allylic oxidation sites excluding steroid dienone is 1. The molecule has 0 radical (unpaired) electrons. The Kier molecular flexibility index (Phi) is 5.23. The van der Waals surface area contributed by atoms with Crippen LogP contribution in [0.2, 0.25) is 0 Å². The van der Waals surface area contributed by atoms with Crippen molar-refractivity contribution in [3.63, 3.8) is 0 Å². The Morgan fingerprint density at radius 2 is 2.18 bits per heavy atom. The number of hydrogen-bond acceptors (Lipinski definition) is 2. The molecular weight excluding hydrogens is 212 g/mol. The van der Waals surface area contributed by atoms with E-state index in [0.717, 1.165) is 0 Å². The van der Waals surface area contributed by atoms with Crippen LogP contribution in [0, 0.1) is 11.3 Å². The second kappa shape index (κ2) is 6.23. The summed E-state index contributed by atoms with van der Waals surface area (Å²) in [4.78, 5) is 11.3. The summed E-state index contributed by atoms with van der Waals surface area (Å²) in [6, 6.07) is 0. The van der Waals surface area contributed by atoms with Gasteiger partial charge < -0.3 is 4.74 Å². The fourth-order valence-electron chi connectivity index (χ4n) is 2.72. The predicted octanol–water partition coefficient (Wildman–Crippen LogP) is 4.10. The first kappa shape index (κ1) is 14.3. The molecule has 1 aliphatic rings. The number of rotatable bonds is 4. The van der Waals surface area contributed by atoms with Crippen LogP contribution in [-0.4, -0.2) is 12.6 Å². The third-order valence-corrected chi connectivity index (χ3v) is 3.75. The second-order valence-corrected chi connectivity index (χ2v) is 5.91. The number of hydrogen-bond donors (Lipinski definition) is 0. The van der Waals surface area contributed by atoms with Gasteiger partial charge in [-0.2, -0.15) is 0 Å². The molecule has 0 spiro atoms. The molecule has 98 valence electrons. The summed E-state index contributed by atoms with van der Waals surface area (Å²) >= 11 is 0. The van der Waals surface area contributed by atoms with Gasteiger partial charge in [-0.1, -0.05) is 31.9 Å². The molecule has 0 N–H and O–H groups in total. The zero-order valence-electron chi connectivity index (χ0n) is 11.7. The Bertz CT molecular complexity index is 289. The van der Waals surface area contributed by atoms with Crippen LogP contribution in [0.25, 0.3) is 0 Å². The van der Waals surface area contributed by atoms with E-state index in [1.54, 1.807) is 0 Å². The fourth-order valence-corrected chi connectivity index (χ4v) is 2.72. The normalized spacial score (nSPS) is 24.5. The average molecular weight is 238 g/mol. The highest BCUT2D eigenvalue weighted by atomic mass is 16.5. The molecule has 0 saturated heterocycles. The Morgan fingerprint density at radius 1 is 1.47 bits per heavy atom. The van der Waals surface area contributed by atoms with E-state index in [2.05, 4.69) is 26.8 Å². The van der Waals surface area contributed by atoms with Gasteiger partial charge in [-0.25, -0.2) is 0 Å². The Labute approximate surface area is 105 Å². The molecule has 1 saturated carbocycles. The van der Waals surface area contributed by atoms with E-state index >= 15 is 0 Å². The minimum atomic E-state index is -0.109. The van der Waals surface area contributed by atoms with E-state index in [4.69, 9.17) is 4.74 Å². The van der Waals surface area contributed by atoms with Gasteiger partial charge in [0.25, 0.3) is 0 Å². The van der Waals surface area contributed by atoms with Crippen molar-refractivity contribution < 1.29 is 9.53 Å². The molecule has 0 aliphatic heterocycles. The van der Waals surface area contributed by atoms with Crippen molar-refractivity contribution in [3.05, 3.63) is 11.6 Å². The van der Waals surface area contributed by atoms with Gasteiger partial charge >= 0.3 is 5.97 Å². The Hall–Kier alpha value is -0.790. The number of esters is 1. The van der Waals surface area contributed by atoms with Gasteiger partial charge in [0.15, 0.2) is 0 Å². The maximum atomic E-state index is 11.3. The smallest absolute Gasteiger partial charge is 0.309 e. The lowest BCUT2D eigenvalue weighted by molar-refractivity contribution is -0.142. The van der Waals surface area contributed by atoms with Crippen LogP contribution in [0.1, 0.15) is 59.8 Å². The van der Waals surface area contributed by atoms with Crippen LogP contribution in [0.4, 0.5) is 0 Å². The topological polar surface area (TPSA) is 26.3 Å². The zero-order valence-corrected chi connectivity index (χ0v) is 11.7. The van der Waals surface area contributed by atoms with Crippen molar-refractivity contribution >= 4 is 5.97 Å². The number of carbonyl (C=O) groups is 1. The summed E-state index contributed by atoms with van der Waals surface area (Å²) in [5, 5.41) is 0. The molecule has 0 amide bonds. The molecule has 2 heteroatoms. The van der Waals surface area contributed by atoms with Crippen molar-refractivity contribution in [1.82, 2.24) is 0 Å². The highest BCUT2D eigenvalue weighted by Crippen LogP contribution is 2.41. The summed E-state index contributed by atoms with van der Waals surface area (Å²) in [6.45, 7) is 9.17. The van der Waals surface area contributed by atoms with Gasteiger partial charge in [-0.3, -0.25) is 4.79 Å². The lowest BCUT2D eigenvalue weighted by Gasteiger charge is -2.35. The monoisotopic (exact) mass is 238 g/mol. The maximum absolute atomic E-state index is 11.3. The van der Waals surface area contributed by atoms with Crippen LogP contribution in [0.15, 0.2) is 11.6 Å². The van der Waals surface area contributed by atoms with Crippen molar-refractivity contribution in [2.24, 2.45) is 11.3 Å². The molecule has 0 bridgehead atoms. The van der Waals surface area contributed by atoms with E-state index in [1.807, 2.05) is 6.92 Å². The standard InChI is InChI=1S/C15H26O2/c1-5-17-14(16)9-8-12(2)13-7-6-10-15(3,4)11-13/h8,13H,5-7,9-11H2,1-4H3. The lowest BCUT2D eigenvalue weighted by atomic mass is 9.70. The van der Waals surface area contributed by atoms with Crippen molar-refractivity contribution in [3.8, 4) is 0 Å². The van der Waals surface area contributed by atoms with Crippen molar-refractivity contribution in [1.29, 1.82) is 0 Å². The first-order chi connectivity index (χ1) is 7.94. The van der Waals surface area contributed by atoms with E-state index < -0.39 is 0 Å². The summed E-state index contributed by atoms with van der Waals surface area (Å²) in [5.74, 6) is 0.551. The van der Waals surface area contributed by atoms with Gasteiger partial charge in [0.05, 0.1) is 13.0 Å². The summed E-state index contributed by atoms with van der Waals surface area (Å²) in [5.41, 5.74) is 1.83. The van der Waals surface area contributed by atoms with Crippen LogP contribution in [0.3, 0.4) is 0 Å². The number of ether oxygens (including phenoxy) is 1. The fraction of sp³-hybridized carbons (Fsp3) is 0.800. The summed E-state index contributed by atoms with van der Waals surface area (Å²) < 4.78 is 4.94. The highest BCUT2D eigenvalue weighted by Gasteiger charge is 2.28. The molecule has 0 heterocycles. The largest absolute Gasteiger partial charge is 0.466 e. The molecule has 0 aromatic rings. The van der Waals surface area contributed by atoms with Gasteiger partial charge in [0.2, 0.25) is 0 Å². The molecule has 17 heavy (non-hydrogen) atoms. The third kappa shape index (κ3) is 4.93. The average Bonchev–Trinajstić information content (AvgIpc) is 2.25. The SMILES string of the molecule is CCOC(=O)CC=C(C)C1CCCC(C)(C)C1. The van der Waals surface area contributed by atoms with E-state index in [-0.39, 0.29) is 5.97 Å². The van der Waals surface area contributed by atoms with Crippen LogP contribution in [-0.2, 0) is 9.53 Å². The minimum Gasteiger partial charge on any atom is -0.466 e. The molecule has 1 unspecified atom stereocenters. The molecule has 2 nitrogen and oxygen atoms in total. The van der Waals surface area contributed by atoms with Gasteiger partial charge in [-0.05, 0) is 44.4 Å². The van der Waals surface area contributed by atoms with E-state index in [0.29, 0.717) is 24.4 Å². The summed E-state index contributed by atoms with van der Waals surface area (Å²) in [6.07, 6.45) is 7.64. The predicted molar refractivity (Wildman–Crippen MR) is 70.7 cm³/mol. The minimum absolute atomic E-state index is 0.109. The quantitative estimate of drug-likeness (QED) is 0.544.